The molecule has 1 fully saturated rings. The van der Waals surface area contributed by atoms with Crippen molar-refractivity contribution < 1.29 is 18.3 Å². The van der Waals surface area contributed by atoms with Crippen LogP contribution in [0.5, 0.6) is 0 Å². The molecule has 0 aromatic heterocycles. The van der Waals surface area contributed by atoms with Crippen molar-refractivity contribution in [3.63, 3.8) is 0 Å². The lowest BCUT2D eigenvalue weighted by Gasteiger charge is -2.23. The summed E-state index contributed by atoms with van der Waals surface area (Å²) in [5.41, 5.74) is 5.33. The molecule has 0 aliphatic carbocycles. The fourth-order valence-electron chi connectivity index (χ4n) is 2.37. The molecule has 2 atom stereocenters. The van der Waals surface area contributed by atoms with E-state index in [1.807, 2.05) is 0 Å². The molecule has 0 radical (unpaired) electrons. The van der Waals surface area contributed by atoms with Gasteiger partial charge in [-0.25, -0.2) is 4.72 Å². The van der Waals surface area contributed by atoms with Crippen LogP contribution in [0.1, 0.15) is 25.7 Å². The minimum atomic E-state index is -3.57. The van der Waals surface area contributed by atoms with E-state index in [-0.39, 0.29) is 13.0 Å². The lowest BCUT2D eigenvalue weighted by molar-refractivity contribution is -0.138. The summed E-state index contributed by atoms with van der Waals surface area (Å²) in [6, 6.07) is -0.617. The van der Waals surface area contributed by atoms with Crippen LogP contribution in [-0.2, 0) is 15.0 Å². The molecule has 9 heteroatoms. The number of hydrogen-bond acceptors (Lipinski definition) is 5. The van der Waals surface area contributed by atoms with Crippen LogP contribution in [0.15, 0.2) is 0 Å². The van der Waals surface area contributed by atoms with Crippen molar-refractivity contribution in [1.29, 1.82) is 0 Å². The predicted octanol–water partition coefficient (Wildman–Crippen LogP) is -0.961. The molecule has 0 bridgehead atoms. The quantitative estimate of drug-likeness (QED) is 0.503. The third-order valence-electron chi connectivity index (χ3n) is 3.92. The number of carboxylic acids is 1. The maximum atomic E-state index is 12.0. The molecule has 1 heterocycles. The zero-order valence-corrected chi connectivity index (χ0v) is 13.5. The van der Waals surface area contributed by atoms with Gasteiger partial charge in [0, 0.05) is 26.2 Å². The summed E-state index contributed by atoms with van der Waals surface area (Å²) in [4.78, 5) is 12.8. The van der Waals surface area contributed by atoms with Gasteiger partial charge in [-0.1, -0.05) is 0 Å². The summed E-state index contributed by atoms with van der Waals surface area (Å²) in [5, 5.41) is 8.63. The number of likely N-dealkylation sites (tertiary alicyclic amines) is 1. The van der Waals surface area contributed by atoms with Gasteiger partial charge in [0.2, 0.25) is 0 Å². The second-order valence-corrected chi connectivity index (χ2v) is 7.38. The highest BCUT2D eigenvalue weighted by Gasteiger charge is 2.24. The predicted molar refractivity (Wildman–Crippen MR) is 80.0 cm³/mol. The molecule has 8 nitrogen and oxygen atoms in total. The van der Waals surface area contributed by atoms with Gasteiger partial charge < -0.3 is 15.7 Å². The number of hydrogen-bond donors (Lipinski definition) is 3. The van der Waals surface area contributed by atoms with Crippen LogP contribution in [0, 0.1) is 0 Å². The first-order valence-electron chi connectivity index (χ1n) is 7.13. The molecule has 0 spiro atoms. The fourth-order valence-corrected chi connectivity index (χ4v) is 3.31. The highest BCUT2D eigenvalue weighted by atomic mass is 32.2. The first-order chi connectivity index (χ1) is 9.74. The summed E-state index contributed by atoms with van der Waals surface area (Å²) in [5.74, 6) is -1.13. The van der Waals surface area contributed by atoms with E-state index in [1.54, 1.807) is 0 Å². The van der Waals surface area contributed by atoms with Gasteiger partial charge in [0.15, 0.2) is 0 Å². The highest BCUT2D eigenvalue weighted by molar-refractivity contribution is 7.87. The Morgan fingerprint density at radius 3 is 2.76 bits per heavy atom. The fraction of sp³-hybridized carbons (Fsp3) is 0.917. The number of rotatable bonds is 9. The summed E-state index contributed by atoms with van der Waals surface area (Å²) < 4.78 is 27.6. The van der Waals surface area contributed by atoms with Gasteiger partial charge in [-0.2, -0.15) is 12.7 Å². The van der Waals surface area contributed by atoms with E-state index in [2.05, 4.69) is 16.7 Å². The first-order valence-corrected chi connectivity index (χ1v) is 8.57. The zero-order chi connectivity index (χ0) is 16.0. The second-order valence-electron chi connectivity index (χ2n) is 5.52. The summed E-state index contributed by atoms with van der Waals surface area (Å²) in [6.45, 7) is 1.52. The molecule has 0 unspecified atom stereocenters. The minimum absolute atomic E-state index is 0.0173. The Labute approximate surface area is 126 Å². The normalized spacial score (nSPS) is 21.8. The maximum absolute atomic E-state index is 12.0. The van der Waals surface area contributed by atoms with Crippen LogP contribution >= 0.6 is 0 Å². The van der Waals surface area contributed by atoms with Crippen LogP contribution in [0.2, 0.25) is 0 Å². The Bertz CT molecular complexity index is 443. The van der Waals surface area contributed by atoms with Gasteiger partial charge >= 0.3 is 5.97 Å². The Hall–Kier alpha value is -0.740. The first kappa shape index (κ1) is 18.3. The molecule has 0 aromatic rings. The number of nitrogens with two attached hydrogens (primary N) is 1. The minimum Gasteiger partial charge on any atom is -0.480 e. The van der Waals surface area contributed by atoms with Gasteiger partial charge in [-0.15, -0.1) is 0 Å². The molecule has 1 rings (SSSR count). The van der Waals surface area contributed by atoms with Crippen molar-refractivity contribution in [3.05, 3.63) is 0 Å². The summed E-state index contributed by atoms with van der Waals surface area (Å²) in [6.07, 6.45) is 3.12. The van der Waals surface area contributed by atoms with E-state index >= 15 is 0 Å². The number of carboxylic acid groups (broad SMARTS) is 1. The van der Waals surface area contributed by atoms with Crippen molar-refractivity contribution in [2.24, 2.45) is 5.73 Å². The Morgan fingerprint density at radius 1 is 1.57 bits per heavy atom. The maximum Gasteiger partial charge on any atom is 0.320 e. The molecule has 124 valence electrons. The van der Waals surface area contributed by atoms with Crippen LogP contribution in [0.25, 0.3) is 0 Å². The SMILES string of the molecule is CN1CCC[C@H]1CCN(C)S(=O)(=O)NCC[C@H](N)C(=O)O. The Morgan fingerprint density at radius 2 is 2.24 bits per heavy atom. The second kappa shape index (κ2) is 8.04. The van der Waals surface area contributed by atoms with E-state index in [1.165, 1.54) is 11.4 Å². The van der Waals surface area contributed by atoms with Gasteiger partial charge in [-0.3, -0.25) is 4.79 Å². The molecule has 0 aromatic carbocycles. The van der Waals surface area contributed by atoms with Crippen molar-refractivity contribution in [2.75, 3.05) is 33.7 Å². The number of aliphatic carboxylic acids is 1. The van der Waals surface area contributed by atoms with E-state index in [4.69, 9.17) is 10.8 Å². The lowest BCUT2D eigenvalue weighted by atomic mass is 10.1. The Kier molecular flexibility index (Phi) is 7.01. The Balaban J connectivity index is 2.33. The smallest absolute Gasteiger partial charge is 0.320 e. The average molecular weight is 322 g/mol. The molecule has 21 heavy (non-hydrogen) atoms. The average Bonchev–Trinajstić information content (AvgIpc) is 2.80. The zero-order valence-electron chi connectivity index (χ0n) is 12.7. The lowest BCUT2D eigenvalue weighted by Crippen LogP contribution is -2.42. The molecule has 4 N–H and O–H groups in total. The molecule has 1 aliphatic rings. The van der Waals surface area contributed by atoms with Crippen LogP contribution in [-0.4, -0.2) is 74.5 Å². The van der Waals surface area contributed by atoms with Crippen LogP contribution in [0.3, 0.4) is 0 Å². The van der Waals surface area contributed by atoms with Gasteiger partial charge in [0.05, 0.1) is 0 Å². The third kappa shape index (κ3) is 5.87. The number of nitrogens with one attached hydrogen (secondary N) is 1. The van der Waals surface area contributed by atoms with E-state index in [0.29, 0.717) is 12.6 Å². The van der Waals surface area contributed by atoms with Crippen molar-refractivity contribution in [3.8, 4) is 0 Å². The molecule has 0 saturated carbocycles. The van der Waals surface area contributed by atoms with E-state index in [0.717, 1.165) is 25.8 Å². The van der Waals surface area contributed by atoms with E-state index < -0.39 is 22.2 Å². The van der Waals surface area contributed by atoms with Gasteiger partial charge in [0.25, 0.3) is 10.2 Å². The summed E-state index contributed by atoms with van der Waals surface area (Å²) in [7, 11) is 0.00101. The highest BCUT2D eigenvalue weighted by Crippen LogP contribution is 2.18. The molecular weight excluding hydrogens is 296 g/mol. The third-order valence-corrected chi connectivity index (χ3v) is 5.49. The van der Waals surface area contributed by atoms with Crippen LogP contribution < -0.4 is 10.5 Å². The standard InChI is InChI=1S/C12H26N4O4S/c1-15-8-3-4-10(15)6-9-16(2)21(19,20)14-7-5-11(13)12(17)18/h10-11,14H,3-9,13H2,1-2H3,(H,17,18)/t10-,11-/m0/s1. The van der Waals surface area contributed by atoms with Gasteiger partial charge in [-0.05, 0) is 39.3 Å². The topological polar surface area (TPSA) is 116 Å². The van der Waals surface area contributed by atoms with Crippen molar-refractivity contribution >= 4 is 16.2 Å². The van der Waals surface area contributed by atoms with Crippen molar-refractivity contribution in [2.45, 2.75) is 37.8 Å². The largest absolute Gasteiger partial charge is 0.480 e. The molecule has 0 amide bonds. The molecule has 1 saturated heterocycles. The molecule has 1 aliphatic heterocycles. The number of nitrogens with zero attached hydrogens (tertiary/aromatic N) is 2. The van der Waals surface area contributed by atoms with Gasteiger partial charge in [0.1, 0.15) is 6.04 Å². The summed E-state index contributed by atoms with van der Waals surface area (Å²) >= 11 is 0. The molecular formula is C12H26N4O4S. The number of carbonyl (C=O) groups is 1. The van der Waals surface area contributed by atoms with Crippen LogP contribution in [0.4, 0.5) is 0 Å². The monoisotopic (exact) mass is 322 g/mol. The van der Waals surface area contributed by atoms with Crippen molar-refractivity contribution in [1.82, 2.24) is 13.9 Å². The van der Waals surface area contributed by atoms with E-state index in [9.17, 15) is 13.2 Å².